The summed E-state index contributed by atoms with van der Waals surface area (Å²) >= 11 is 0. The molecule has 5 nitrogen and oxygen atoms in total. The summed E-state index contributed by atoms with van der Waals surface area (Å²) < 4.78 is 43.6. The van der Waals surface area contributed by atoms with Crippen LogP contribution in [0.5, 0.6) is 0 Å². The van der Waals surface area contributed by atoms with Gasteiger partial charge in [0.15, 0.2) is 17.5 Å². The summed E-state index contributed by atoms with van der Waals surface area (Å²) in [5.74, 6) is -6.95. The molecule has 1 aromatic rings. The van der Waals surface area contributed by atoms with Crippen molar-refractivity contribution in [1.29, 1.82) is 0 Å². The van der Waals surface area contributed by atoms with E-state index in [0.717, 1.165) is 4.90 Å². The largest absolute Gasteiger partial charge is 0.480 e. The number of methoxy groups -OCH3 is 1. The zero-order chi connectivity index (χ0) is 15.3. The molecule has 1 aromatic carbocycles. The number of ether oxygens (including phenoxy) is 1. The summed E-state index contributed by atoms with van der Waals surface area (Å²) in [7, 11) is 1.35. The number of aliphatic carboxylic acids is 1. The van der Waals surface area contributed by atoms with Crippen molar-refractivity contribution in [2.45, 2.75) is 0 Å². The highest BCUT2D eigenvalue weighted by atomic mass is 19.2. The number of rotatable bonds is 6. The molecule has 0 saturated carbocycles. The number of halogens is 3. The maximum atomic E-state index is 13.1. The summed E-state index contributed by atoms with van der Waals surface area (Å²) in [6, 6.07) is 1.03. The van der Waals surface area contributed by atoms with Crippen LogP contribution in [0.25, 0.3) is 0 Å². The number of nitrogens with zero attached hydrogens (tertiary/aromatic N) is 1. The maximum absolute atomic E-state index is 13.1. The minimum Gasteiger partial charge on any atom is -0.480 e. The average Bonchev–Trinajstić information content (AvgIpc) is 2.39. The van der Waals surface area contributed by atoms with Gasteiger partial charge in [-0.15, -0.1) is 0 Å². The molecule has 0 aliphatic rings. The summed E-state index contributed by atoms with van der Waals surface area (Å²) in [6.07, 6.45) is 0. The van der Waals surface area contributed by atoms with Gasteiger partial charge in [0.05, 0.1) is 6.61 Å². The fraction of sp³-hybridized carbons (Fsp3) is 0.333. The third-order valence-corrected chi connectivity index (χ3v) is 2.41. The topological polar surface area (TPSA) is 66.8 Å². The van der Waals surface area contributed by atoms with E-state index in [1.165, 1.54) is 7.11 Å². The minimum atomic E-state index is -1.69. The van der Waals surface area contributed by atoms with E-state index in [2.05, 4.69) is 0 Å². The first kappa shape index (κ1) is 16.0. The lowest BCUT2D eigenvalue weighted by Gasteiger charge is -2.20. The second kappa shape index (κ2) is 6.90. The van der Waals surface area contributed by atoms with E-state index in [1.807, 2.05) is 0 Å². The first-order chi connectivity index (χ1) is 9.36. The van der Waals surface area contributed by atoms with Gasteiger partial charge in [0.1, 0.15) is 6.54 Å². The number of amides is 1. The van der Waals surface area contributed by atoms with Crippen LogP contribution in [0, 0.1) is 17.5 Å². The van der Waals surface area contributed by atoms with Crippen molar-refractivity contribution in [2.24, 2.45) is 0 Å². The standard InChI is InChI=1S/C12H12F3NO4/c1-20-3-2-16(6-10(17)18)12(19)7-4-8(13)11(15)9(14)5-7/h4-5H,2-3,6H2,1H3,(H,17,18). The van der Waals surface area contributed by atoms with E-state index >= 15 is 0 Å². The Morgan fingerprint density at radius 2 is 1.80 bits per heavy atom. The Kier molecular flexibility index (Phi) is 5.51. The molecule has 0 aliphatic carbocycles. The summed E-state index contributed by atoms with van der Waals surface area (Å²) in [5, 5.41) is 8.69. The molecule has 0 spiro atoms. The van der Waals surface area contributed by atoms with Gasteiger partial charge in [-0.25, -0.2) is 13.2 Å². The number of carboxylic acid groups (broad SMARTS) is 1. The smallest absolute Gasteiger partial charge is 0.323 e. The Labute approximate surface area is 112 Å². The van der Waals surface area contributed by atoms with Crippen molar-refractivity contribution in [3.63, 3.8) is 0 Å². The molecule has 1 rings (SSSR count). The van der Waals surface area contributed by atoms with Gasteiger partial charge >= 0.3 is 5.97 Å². The second-order valence-corrected chi connectivity index (χ2v) is 3.87. The first-order valence-corrected chi connectivity index (χ1v) is 5.51. The highest BCUT2D eigenvalue weighted by Gasteiger charge is 2.21. The van der Waals surface area contributed by atoms with Crippen molar-refractivity contribution in [2.75, 3.05) is 26.8 Å². The monoisotopic (exact) mass is 291 g/mol. The van der Waals surface area contributed by atoms with Gasteiger partial charge in [-0.3, -0.25) is 9.59 Å². The van der Waals surface area contributed by atoms with Crippen molar-refractivity contribution in [1.82, 2.24) is 4.90 Å². The summed E-state index contributed by atoms with van der Waals surface area (Å²) in [6.45, 7) is -0.698. The van der Waals surface area contributed by atoms with E-state index in [9.17, 15) is 22.8 Å². The van der Waals surface area contributed by atoms with Gasteiger partial charge in [0, 0.05) is 19.2 Å². The molecule has 0 unspecified atom stereocenters. The van der Waals surface area contributed by atoms with E-state index in [4.69, 9.17) is 9.84 Å². The lowest BCUT2D eigenvalue weighted by atomic mass is 10.1. The SMILES string of the molecule is COCCN(CC(=O)O)C(=O)c1cc(F)c(F)c(F)c1. The maximum Gasteiger partial charge on any atom is 0.323 e. The number of benzene rings is 1. The number of carbonyl (C=O) groups excluding carboxylic acids is 1. The average molecular weight is 291 g/mol. The van der Waals surface area contributed by atoms with Crippen molar-refractivity contribution in [3.05, 3.63) is 35.1 Å². The molecule has 110 valence electrons. The zero-order valence-electron chi connectivity index (χ0n) is 10.5. The van der Waals surface area contributed by atoms with E-state index in [1.54, 1.807) is 0 Å². The lowest BCUT2D eigenvalue weighted by Crippen LogP contribution is -2.38. The molecule has 0 heterocycles. The Bertz CT molecular complexity index is 498. The normalized spacial score (nSPS) is 10.4. The molecule has 0 bridgehead atoms. The molecule has 0 aliphatic heterocycles. The highest BCUT2D eigenvalue weighted by Crippen LogP contribution is 2.15. The van der Waals surface area contributed by atoms with Gasteiger partial charge in [-0.1, -0.05) is 0 Å². The Balaban J connectivity index is 3.01. The third kappa shape index (κ3) is 3.95. The molecule has 1 N–H and O–H groups in total. The van der Waals surface area contributed by atoms with Crippen molar-refractivity contribution in [3.8, 4) is 0 Å². The summed E-state index contributed by atoms with van der Waals surface area (Å²) in [4.78, 5) is 23.4. The van der Waals surface area contributed by atoms with Crippen LogP contribution in [0.3, 0.4) is 0 Å². The fourth-order valence-electron chi connectivity index (χ4n) is 1.48. The predicted octanol–water partition coefficient (Wildman–Crippen LogP) is 1.28. The molecule has 8 heteroatoms. The molecule has 0 aromatic heterocycles. The van der Waals surface area contributed by atoms with E-state index in [-0.39, 0.29) is 13.2 Å². The van der Waals surface area contributed by atoms with Crippen molar-refractivity contribution >= 4 is 11.9 Å². The Morgan fingerprint density at radius 3 is 2.25 bits per heavy atom. The van der Waals surface area contributed by atoms with Crippen LogP contribution < -0.4 is 0 Å². The molecule has 0 saturated heterocycles. The fourth-order valence-corrected chi connectivity index (χ4v) is 1.48. The zero-order valence-corrected chi connectivity index (χ0v) is 10.5. The van der Waals surface area contributed by atoms with Crippen LogP contribution in [-0.2, 0) is 9.53 Å². The van der Waals surface area contributed by atoms with Crippen molar-refractivity contribution < 1.29 is 32.6 Å². The van der Waals surface area contributed by atoms with Crippen LogP contribution in [0.4, 0.5) is 13.2 Å². The first-order valence-electron chi connectivity index (χ1n) is 5.51. The van der Waals surface area contributed by atoms with Crippen LogP contribution in [-0.4, -0.2) is 48.7 Å². The molecule has 0 fully saturated rings. The molecule has 0 radical (unpaired) electrons. The number of hydrogen-bond donors (Lipinski definition) is 1. The van der Waals surface area contributed by atoms with E-state index < -0.39 is 41.4 Å². The molecular weight excluding hydrogens is 279 g/mol. The quantitative estimate of drug-likeness (QED) is 0.802. The highest BCUT2D eigenvalue weighted by molar-refractivity contribution is 5.95. The summed E-state index contributed by atoms with van der Waals surface area (Å²) in [5.41, 5.74) is -0.473. The van der Waals surface area contributed by atoms with E-state index in [0.29, 0.717) is 12.1 Å². The second-order valence-electron chi connectivity index (χ2n) is 3.87. The molecule has 20 heavy (non-hydrogen) atoms. The number of carboxylic acids is 1. The molecule has 0 atom stereocenters. The van der Waals surface area contributed by atoms with Gasteiger partial charge in [0.25, 0.3) is 5.91 Å². The van der Waals surface area contributed by atoms with Crippen LogP contribution in [0.2, 0.25) is 0 Å². The minimum absolute atomic E-state index is 0.0468. The Hall–Kier alpha value is -2.09. The van der Waals surface area contributed by atoms with Gasteiger partial charge in [0.2, 0.25) is 0 Å². The van der Waals surface area contributed by atoms with Crippen LogP contribution in [0.15, 0.2) is 12.1 Å². The molecule has 1 amide bonds. The van der Waals surface area contributed by atoms with Crippen LogP contribution in [0.1, 0.15) is 10.4 Å². The van der Waals surface area contributed by atoms with Gasteiger partial charge < -0.3 is 14.7 Å². The van der Waals surface area contributed by atoms with Gasteiger partial charge in [-0.2, -0.15) is 0 Å². The number of hydrogen-bond acceptors (Lipinski definition) is 3. The predicted molar refractivity (Wildman–Crippen MR) is 61.7 cm³/mol. The Morgan fingerprint density at radius 1 is 1.25 bits per heavy atom. The lowest BCUT2D eigenvalue weighted by molar-refractivity contribution is -0.137. The molecular formula is C12H12F3NO4. The van der Waals surface area contributed by atoms with Crippen LogP contribution >= 0.6 is 0 Å². The number of carbonyl (C=O) groups is 2. The third-order valence-electron chi connectivity index (χ3n) is 2.41. The van der Waals surface area contributed by atoms with Gasteiger partial charge in [-0.05, 0) is 12.1 Å².